The lowest BCUT2D eigenvalue weighted by molar-refractivity contribution is -0.0673. The zero-order chi connectivity index (χ0) is 95.5. The highest BCUT2D eigenvalue weighted by Crippen LogP contribution is 2.59. The number of aromatic nitrogens is 20. The average molecular weight is 2020 g/mol. The van der Waals surface area contributed by atoms with Crippen LogP contribution in [0.25, 0.3) is 55.8 Å². The number of nitrogen functional groups attached to an aromatic ring is 5. The fourth-order valence-electron chi connectivity index (χ4n) is 16.4. The zero-order valence-electron chi connectivity index (χ0n) is 68.1. The van der Waals surface area contributed by atoms with Crippen molar-refractivity contribution in [1.82, 2.24) is 97.6 Å². The van der Waals surface area contributed by atoms with Gasteiger partial charge in [-0.1, -0.05) is 0 Å². The minimum Gasteiger partial charge on any atom is -0.398 e. The molecule has 135 heavy (non-hydrogen) atoms. The Morgan fingerprint density at radius 1 is 0.370 bits per heavy atom. The summed E-state index contributed by atoms with van der Waals surface area (Å²) in [6, 6.07) is 3.09. The smallest absolute Gasteiger partial charge is 0.398 e. The van der Waals surface area contributed by atoms with E-state index in [1.807, 2.05) is 0 Å². The molecule has 71 heteroatoms. The predicted octanol–water partition coefficient (Wildman–Crippen LogP) is -5.27. The van der Waals surface area contributed by atoms with Crippen LogP contribution in [0.3, 0.4) is 0 Å². The average Bonchev–Trinajstić information content (AvgIpc) is 1.63. The van der Waals surface area contributed by atoms with Crippen molar-refractivity contribution in [3.05, 3.63) is 111 Å². The second kappa shape index (κ2) is 35.6. The highest BCUT2D eigenvalue weighted by atomic mass is 31.2. The number of aromatic amines is 3. The van der Waals surface area contributed by atoms with Crippen molar-refractivity contribution < 1.29 is 170 Å². The van der Waals surface area contributed by atoms with E-state index in [0.717, 1.165) is 34.4 Å². The Balaban J connectivity index is 0.000000130. The summed E-state index contributed by atoms with van der Waals surface area (Å²) in [4.78, 5) is 161. The number of ether oxygens (including phenoxy) is 6. The van der Waals surface area contributed by atoms with Crippen LogP contribution in [-0.4, -0.2) is 319 Å². The highest BCUT2D eigenvalue weighted by molar-refractivity contribution is 7.48. The summed E-state index contributed by atoms with van der Waals surface area (Å²) in [5.74, 6) is -0.219. The van der Waals surface area contributed by atoms with Gasteiger partial charge in [-0.25, -0.2) is 72.2 Å². The molecule has 11 aromatic heterocycles. The van der Waals surface area contributed by atoms with Gasteiger partial charge in [0.1, 0.15) is 133 Å². The number of imidazole rings is 5. The Kier molecular flexibility index (Phi) is 24.8. The number of nitrogens with two attached hydrogens (primary N) is 5. The largest absolute Gasteiger partial charge is 0.472 e. The van der Waals surface area contributed by atoms with Gasteiger partial charge in [0.15, 0.2) is 81.7 Å². The van der Waals surface area contributed by atoms with E-state index in [0.29, 0.717) is 16.9 Å². The van der Waals surface area contributed by atoms with Gasteiger partial charge in [-0.3, -0.25) is 111 Å². The molecule has 11 aromatic rings. The third-order valence-corrected chi connectivity index (χ3v) is 28.4. The Hall–Kier alpha value is -9.78. The van der Waals surface area contributed by atoms with Gasteiger partial charge in [0, 0.05) is 23.6 Å². The van der Waals surface area contributed by atoms with E-state index in [-0.39, 0.29) is 97.3 Å². The number of fused-ring (bicyclic) bond motifs is 15. The molecule has 0 aliphatic carbocycles. The maximum absolute atomic E-state index is 13.2. The van der Waals surface area contributed by atoms with Crippen molar-refractivity contribution in [3.8, 4) is 0 Å². The van der Waals surface area contributed by atoms with Crippen molar-refractivity contribution in [2.75, 3.05) is 68.3 Å². The van der Waals surface area contributed by atoms with E-state index in [2.05, 4.69) is 79.8 Å². The fraction of sp³-hybridized carbons (Fsp3) is 0.500. The maximum Gasteiger partial charge on any atom is 0.472 e. The molecule has 30 atom stereocenters. The minimum atomic E-state index is -5.11. The van der Waals surface area contributed by atoms with Gasteiger partial charge in [0.05, 0.1) is 101 Å². The van der Waals surface area contributed by atoms with Crippen LogP contribution in [0.2, 0.25) is 0 Å². The molecule has 65 nitrogen and oxygen atoms in total. The van der Waals surface area contributed by atoms with Crippen LogP contribution in [0.5, 0.6) is 0 Å². The van der Waals surface area contributed by atoms with Gasteiger partial charge < -0.3 is 122 Å². The molecule has 10 aliphatic heterocycles. The number of pyridine rings is 2. The number of aliphatic hydroxyl groups excluding tert-OH is 6. The zero-order valence-corrected chi connectivity index (χ0v) is 73.5. The molecule has 0 amide bonds. The first kappa shape index (κ1) is 94.2. The van der Waals surface area contributed by atoms with Crippen LogP contribution in [0.1, 0.15) is 48.2 Å². The van der Waals surface area contributed by atoms with Gasteiger partial charge in [-0.2, -0.15) is 9.97 Å². The lowest BCUT2D eigenvalue weighted by Gasteiger charge is -2.25. The molecule has 9 saturated heterocycles. The van der Waals surface area contributed by atoms with Crippen LogP contribution in [0, 0.1) is 6.92 Å². The van der Waals surface area contributed by atoms with Crippen molar-refractivity contribution >= 4 is 138 Å². The summed E-state index contributed by atoms with van der Waals surface area (Å²) < 4.78 is 182. The normalized spacial score (nSPS) is 38.0. The van der Waals surface area contributed by atoms with Crippen LogP contribution < -0.4 is 45.3 Å². The second-order valence-corrected chi connectivity index (χ2v) is 39.5. The van der Waals surface area contributed by atoms with Crippen LogP contribution in [-0.2, 0) is 117 Å². The number of rotatable bonds is 6. The number of aryl methyl sites for hydroxylation is 1. The summed E-state index contributed by atoms with van der Waals surface area (Å²) in [5.41, 5.74) is 29.1. The molecule has 6 unspecified atom stereocenters. The SMILES string of the molecule is Cc1nc(N)c2ncn([C@@H]3O[C@@H]4COP(=O)(O)O[C@@H]5[C@H](O)[C@@H](COP(=O)(O)O[C@H]4[C@H]3O)O[C@H]5n3cnc4c(=O)[nH]cnc43)c2n1.Nc1nc2c(ncn2[C@@H]2O[C@@H]3COP(=O)(O)O[C@H]4[C@@H](O)[C@H](C5=NCc6c(N)ccnc65)O[C@@H]4COP(=O)(O)O[C@@H]2[C@@H]3O)c(=O)[nH]1.Nc1nc2c(ncn2[C@@H]2O[C@@H]3COP(=O)(O)O[C@H]4[C@H](O)[C@H](n5cnc6c(N)ccnc65)O[C@@H]4COP(=O)(O)O[C@@H]2[C@@H]3O)c(=O)[nH]1. The molecule has 0 aromatic carbocycles. The number of nitrogens with zero attached hydrogens (tertiary/aromatic N) is 18. The number of nitrogens with one attached hydrogen (secondary N) is 3. The van der Waals surface area contributed by atoms with Crippen molar-refractivity contribution in [3.63, 3.8) is 0 Å². The molecule has 6 bridgehead atoms. The van der Waals surface area contributed by atoms with Crippen molar-refractivity contribution in [2.45, 2.75) is 161 Å². The third kappa shape index (κ3) is 18.1. The summed E-state index contributed by atoms with van der Waals surface area (Å²) in [6.07, 6.45) is -27.7. The van der Waals surface area contributed by atoms with E-state index >= 15 is 0 Å². The maximum atomic E-state index is 13.2. The first-order chi connectivity index (χ1) is 63.9. The van der Waals surface area contributed by atoms with E-state index in [1.54, 1.807) is 13.0 Å². The monoisotopic (exact) mass is 2020 g/mol. The molecular formula is C64H76N26O39P6. The van der Waals surface area contributed by atoms with E-state index in [1.165, 1.54) is 44.8 Å². The molecule has 0 saturated carbocycles. The molecule has 21 heterocycles. The number of aliphatic hydroxyl groups is 6. The first-order valence-electron chi connectivity index (χ1n) is 39.6. The standard InChI is InChI=1S/C22H26N8O13P2.2C21H25N9O13P2/c23-8-1-2-25-11-7(8)3-26-12(11)17-15(32)16-10(40-17)5-39-45(36,37)43-18-14(31)9(4-38-44(34,35)42-16)41-21(18)30-6-27-13-19(30)28-22(24)29-20(13)33;1-7-27-16(22)10-18(28-7)30(5-25-10)20-13(32)14-9(41-20)3-39-45(36,37)43-15-12(31)8(2-38-44(34,35)42-14)40-21(15)29-6-26-11-17(29)23-4-24-19(11)33;22-7-1-2-24-16-10(7)25-5-29(16)19-13(32)14-9(41-19)4-39-45(36,37)43-15-12(31)8(3-38-44(34,35)42-14)40-20(15)30-6-26-11-17(30)27-21(23)28-18(11)33/h1-2,6,9-10,14-18,21,31-32H,3-5H2,(H2,23,25)(H,34,35)(H,36,37)(H3,24,28,29,33);4-6,8-9,12-15,20-21,31-32H,2-3H2,1H3,(H,34,35)(H,36,37)(H2,22,27,28)(H,23,24,33);1-2,5-6,8-9,12-15,19-20,31-32H,3-4H2,(H2,22,24)(H,34,35)(H,36,37)(H3,23,27,28,33)/t9-,10-,14-,15-,16-,17+,18-,21-;8-,9-,12-,13-,14-,15-,20-,21-;8-,9-,12-,13+,14-,15-,19-,20-/m111/s1. The molecular weight excluding hydrogens is 1940 g/mol. The van der Waals surface area contributed by atoms with Crippen LogP contribution in [0.4, 0.5) is 29.1 Å². The number of H-pyrrole nitrogens is 3. The molecule has 10 aliphatic rings. The Labute approximate surface area is 746 Å². The molecule has 0 radical (unpaired) electrons. The second-order valence-electron chi connectivity index (χ2n) is 31.1. The van der Waals surface area contributed by atoms with Gasteiger partial charge in [0.2, 0.25) is 11.9 Å². The molecule has 9 fully saturated rings. The molecule has 21 rings (SSSR count). The summed E-state index contributed by atoms with van der Waals surface area (Å²) >= 11 is 0. The quantitative estimate of drug-likeness (QED) is 0.0692. The van der Waals surface area contributed by atoms with Crippen LogP contribution in [0.15, 0.2) is 81.9 Å². The fourth-order valence-corrected chi connectivity index (χ4v) is 22.1. The van der Waals surface area contributed by atoms with Gasteiger partial charge in [0.25, 0.3) is 16.7 Å². The summed E-state index contributed by atoms with van der Waals surface area (Å²) in [6.45, 7) is -3.14. The number of anilines is 5. The molecule has 25 N–H and O–H groups in total. The Morgan fingerprint density at radius 3 is 1.18 bits per heavy atom. The minimum absolute atomic E-state index is 0.0198. The topological polar surface area (TPSA) is 932 Å². The highest BCUT2D eigenvalue weighted by Gasteiger charge is 2.60. The Morgan fingerprint density at radius 2 is 0.719 bits per heavy atom. The number of aliphatic imine (C=N–C) groups is 1. The summed E-state index contributed by atoms with van der Waals surface area (Å²) in [7, 11) is -30.4. The third-order valence-electron chi connectivity index (χ3n) is 22.5. The predicted molar refractivity (Wildman–Crippen MR) is 437 cm³/mol. The number of phosphoric ester groups is 6. The molecule has 0 spiro atoms. The Bertz CT molecular complexity index is 7010. The summed E-state index contributed by atoms with van der Waals surface area (Å²) in [5, 5.41) is 66.5. The lowest BCUT2D eigenvalue weighted by Crippen LogP contribution is -2.39. The van der Waals surface area contributed by atoms with Gasteiger partial charge in [-0.05, 0) is 19.1 Å². The van der Waals surface area contributed by atoms with Gasteiger partial charge >= 0.3 is 46.9 Å². The number of hydrogen-bond donors (Lipinski definition) is 20. The first-order valence-corrected chi connectivity index (χ1v) is 48.5. The van der Waals surface area contributed by atoms with Crippen molar-refractivity contribution in [2.24, 2.45) is 4.99 Å². The van der Waals surface area contributed by atoms with Crippen molar-refractivity contribution in [1.29, 1.82) is 0 Å². The van der Waals surface area contributed by atoms with E-state index in [4.69, 9.17) is 111 Å². The lowest BCUT2D eigenvalue weighted by atomic mass is 10.0. The van der Waals surface area contributed by atoms with Crippen LogP contribution >= 0.6 is 46.9 Å². The molecule has 726 valence electrons. The van der Waals surface area contributed by atoms with E-state index < -0.39 is 250 Å². The number of phosphoric acid groups is 6. The van der Waals surface area contributed by atoms with E-state index in [9.17, 15) is 102 Å². The number of hydrogen-bond acceptors (Lipinski definition) is 51. The van der Waals surface area contributed by atoms with Gasteiger partial charge in [-0.15, -0.1) is 0 Å².